The van der Waals surface area contributed by atoms with Crippen molar-refractivity contribution in [3.8, 4) is 0 Å². The van der Waals surface area contributed by atoms with Gasteiger partial charge in [0.05, 0.1) is 18.5 Å². The first-order chi connectivity index (χ1) is 11.6. The van der Waals surface area contributed by atoms with Crippen LogP contribution in [-0.2, 0) is 9.59 Å². The highest BCUT2D eigenvalue weighted by atomic mass is 35.5. The second-order valence-electron chi connectivity index (χ2n) is 7.56. The van der Waals surface area contributed by atoms with E-state index in [0.717, 1.165) is 11.3 Å². The van der Waals surface area contributed by atoms with Crippen molar-refractivity contribution in [1.29, 1.82) is 0 Å². The number of anilines is 1. The van der Waals surface area contributed by atoms with E-state index >= 15 is 0 Å². The van der Waals surface area contributed by atoms with E-state index in [0.29, 0.717) is 16.9 Å². The van der Waals surface area contributed by atoms with Crippen molar-refractivity contribution >= 4 is 29.1 Å². The van der Waals surface area contributed by atoms with Crippen molar-refractivity contribution < 1.29 is 9.59 Å². The molecule has 5 heteroatoms. The molecule has 1 aromatic rings. The van der Waals surface area contributed by atoms with E-state index in [1.54, 1.807) is 0 Å². The summed E-state index contributed by atoms with van der Waals surface area (Å²) in [6.07, 6.45) is 5.58. The predicted molar refractivity (Wildman–Crippen MR) is 91.2 cm³/mol. The fourth-order valence-corrected chi connectivity index (χ4v) is 5.23. The molecular weight excluding hydrogens is 324 g/mol. The van der Waals surface area contributed by atoms with E-state index < -0.39 is 0 Å². The number of hydrogen-bond donors (Lipinski definition) is 1. The molecule has 124 valence electrons. The first kappa shape index (κ1) is 14.5. The molecule has 2 bridgehead atoms. The number of amides is 2. The summed E-state index contributed by atoms with van der Waals surface area (Å²) in [5.41, 5.74) is 1.83. The standard InChI is InChI=1S/C19H19ClN2O2/c1-9-2-3-10(6-15(9)20)21-8-22-18(23)16-11-4-5-12(14-7-13(11)14)17(16)19(22)24/h2-6,11-14,16-17,21H,7-8H2,1H3/t11-,12-,13+,14+,16-,17+/m1/s1. The lowest BCUT2D eigenvalue weighted by molar-refractivity contribution is -0.139. The van der Waals surface area contributed by atoms with E-state index in [2.05, 4.69) is 17.5 Å². The molecule has 24 heavy (non-hydrogen) atoms. The Kier molecular flexibility index (Phi) is 2.94. The number of hydrogen-bond acceptors (Lipinski definition) is 3. The van der Waals surface area contributed by atoms with Crippen LogP contribution < -0.4 is 5.32 Å². The second-order valence-corrected chi connectivity index (χ2v) is 7.97. The third-order valence-electron chi connectivity index (χ3n) is 6.37. The van der Waals surface area contributed by atoms with Gasteiger partial charge in [0.15, 0.2) is 0 Å². The highest BCUT2D eigenvalue weighted by Crippen LogP contribution is 2.65. The van der Waals surface area contributed by atoms with E-state index in [1.807, 2.05) is 25.1 Å². The van der Waals surface area contributed by atoms with Crippen LogP contribution in [-0.4, -0.2) is 23.4 Å². The normalized spacial score (nSPS) is 38.3. The van der Waals surface area contributed by atoms with Crippen LogP contribution >= 0.6 is 11.6 Å². The van der Waals surface area contributed by atoms with Gasteiger partial charge in [-0.05, 0) is 54.7 Å². The number of halogens is 1. The van der Waals surface area contributed by atoms with Crippen LogP contribution in [0.5, 0.6) is 0 Å². The van der Waals surface area contributed by atoms with Gasteiger partial charge in [-0.25, -0.2) is 0 Å². The molecule has 0 radical (unpaired) electrons. The topological polar surface area (TPSA) is 49.4 Å². The van der Waals surface area contributed by atoms with Gasteiger partial charge in [0.1, 0.15) is 0 Å². The van der Waals surface area contributed by atoms with Gasteiger partial charge in [-0.1, -0.05) is 29.8 Å². The molecule has 2 amide bonds. The molecule has 6 atom stereocenters. The van der Waals surface area contributed by atoms with Crippen molar-refractivity contribution in [3.05, 3.63) is 40.9 Å². The summed E-state index contributed by atoms with van der Waals surface area (Å²) in [4.78, 5) is 27.1. The summed E-state index contributed by atoms with van der Waals surface area (Å²) >= 11 is 6.14. The SMILES string of the molecule is Cc1ccc(NCN2C(=O)[C@@H]3[C@@H]4C=C[C@H]([C@@H]5C[C@@H]45)[C@@H]3C2=O)cc1Cl. The first-order valence-corrected chi connectivity index (χ1v) is 8.97. The Morgan fingerprint density at radius 3 is 2.33 bits per heavy atom. The number of imide groups is 1. The van der Waals surface area contributed by atoms with Crippen molar-refractivity contribution in [1.82, 2.24) is 4.90 Å². The maximum absolute atomic E-state index is 12.9. The maximum Gasteiger partial charge on any atom is 0.235 e. The van der Waals surface area contributed by atoms with Crippen LogP contribution in [0.4, 0.5) is 5.69 Å². The fourth-order valence-electron chi connectivity index (χ4n) is 5.05. The molecule has 0 spiro atoms. The molecule has 1 saturated heterocycles. The Bertz CT molecular complexity index is 754. The average Bonchev–Trinajstić information content (AvgIpc) is 3.35. The number of nitrogens with zero attached hydrogens (tertiary/aromatic N) is 1. The zero-order valence-corrected chi connectivity index (χ0v) is 14.2. The first-order valence-electron chi connectivity index (χ1n) is 8.60. The Morgan fingerprint density at radius 1 is 1.12 bits per heavy atom. The zero-order chi connectivity index (χ0) is 16.6. The van der Waals surface area contributed by atoms with Crippen LogP contribution in [0.25, 0.3) is 0 Å². The van der Waals surface area contributed by atoms with Gasteiger partial charge in [-0.3, -0.25) is 14.5 Å². The van der Waals surface area contributed by atoms with Gasteiger partial charge >= 0.3 is 0 Å². The summed E-state index contributed by atoms with van der Waals surface area (Å²) < 4.78 is 0. The number of rotatable bonds is 3. The minimum absolute atomic E-state index is 0.000378. The lowest BCUT2D eigenvalue weighted by Crippen LogP contribution is -2.40. The molecule has 0 unspecified atom stereocenters. The number of carbonyl (C=O) groups is 2. The molecule has 4 nitrogen and oxygen atoms in total. The summed E-state index contributed by atoms with van der Waals surface area (Å²) in [5, 5.41) is 3.85. The number of likely N-dealkylation sites (tertiary alicyclic amines) is 1. The molecule has 1 aliphatic heterocycles. The molecule has 1 heterocycles. The molecule has 1 N–H and O–H groups in total. The van der Waals surface area contributed by atoms with Gasteiger partial charge in [0.2, 0.25) is 11.8 Å². The zero-order valence-electron chi connectivity index (χ0n) is 13.4. The lowest BCUT2D eigenvalue weighted by Gasteiger charge is -2.37. The van der Waals surface area contributed by atoms with E-state index in [9.17, 15) is 9.59 Å². The van der Waals surface area contributed by atoms with Crippen LogP contribution in [0, 0.1) is 42.4 Å². The molecule has 6 rings (SSSR count). The predicted octanol–water partition coefficient (Wildman–Crippen LogP) is 3.07. The summed E-state index contributed by atoms with van der Waals surface area (Å²) in [5.74, 6) is 1.59. The third-order valence-corrected chi connectivity index (χ3v) is 6.77. The third kappa shape index (κ3) is 1.86. The second kappa shape index (κ2) is 4.85. The van der Waals surface area contributed by atoms with Crippen LogP contribution in [0.1, 0.15) is 12.0 Å². The van der Waals surface area contributed by atoms with E-state index in [1.165, 1.54) is 11.3 Å². The van der Waals surface area contributed by atoms with Gasteiger partial charge in [0, 0.05) is 10.7 Å². The van der Waals surface area contributed by atoms with Gasteiger partial charge in [-0.15, -0.1) is 0 Å². The highest BCUT2D eigenvalue weighted by Gasteiger charge is 2.66. The number of aryl methyl sites for hydroxylation is 1. The highest BCUT2D eigenvalue weighted by molar-refractivity contribution is 6.31. The minimum Gasteiger partial charge on any atom is -0.367 e. The average molecular weight is 343 g/mol. The summed E-state index contributed by atoms with van der Waals surface area (Å²) in [7, 11) is 0. The smallest absolute Gasteiger partial charge is 0.235 e. The Morgan fingerprint density at radius 2 is 1.75 bits per heavy atom. The number of nitrogens with one attached hydrogen (secondary N) is 1. The molecule has 1 aromatic carbocycles. The van der Waals surface area contributed by atoms with Crippen molar-refractivity contribution in [2.45, 2.75) is 13.3 Å². The summed E-state index contributed by atoms with van der Waals surface area (Å²) in [6, 6.07) is 5.67. The minimum atomic E-state index is -0.125. The molecular formula is C19H19ClN2O2. The quantitative estimate of drug-likeness (QED) is 0.678. The summed E-state index contributed by atoms with van der Waals surface area (Å²) in [6.45, 7) is 2.16. The Balaban J connectivity index is 1.36. The monoisotopic (exact) mass is 342 g/mol. The van der Waals surface area contributed by atoms with Crippen molar-refractivity contribution in [2.75, 3.05) is 12.0 Å². The Hall–Kier alpha value is -1.81. The molecule has 5 aliphatic rings. The number of allylic oxidation sites excluding steroid dienone is 2. The van der Waals surface area contributed by atoms with Crippen molar-refractivity contribution in [2.24, 2.45) is 35.5 Å². The van der Waals surface area contributed by atoms with Gasteiger partial charge in [0.25, 0.3) is 0 Å². The van der Waals surface area contributed by atoms with Gasteiger partial charge < -0.3 is 5.32 Å². The molecule has 2 saturated carbocycles. The van der Waals surface area contributed by atoms with Crippen molar-refractivity contribution in [3.63, 3.8) is 0 Å². The molecule has 0 aromatic heterocycles. The number of benzene rings is 1. The number of carbonyl (C=O) groups excluding carboxylic acids is 2. The fraction of sp³-hybridized carbons (Fsp3) is 0.474. The van der Waals surface area contributed by atoms with Crippen LogP contribution in [0.3, 0.4) is 0 Å². The van der Waals surface area contributed by atoms with Crippen LogP contribution in [0.2, 0.25) is 5.02 Å². The Labute approximate surface area is 145 Å². The molecule has 3 fully saturated rings. The maximum atomic E-state index is 12.9. The van der Waals surface area contributed by atoms with Gasteiger partial charge in [-0.2, -0.15) is 0 Å². The van der Waals surface area contributed by atoms with E-state index in [4.69, 9.17) is 11.6 Å². The van der Waals surface area contributed by atoms with E-state index in [-0.39, 0.29) is 42.2 Å². The largest absolute Gasteiger partial charge is 0.367 e. The molecule has 4 aliphatic carbocycles. The van der Waals surface area contributed by atoms with Crippen LogP contribution in [0.15, 0.2) is 30.4 Å². The lowest BCUT2D eigenvalue weighted by atomic mass is 9.63.